The molecule has 0 amide bonds. The molecular weight excluding hydrogens is 328 g/mol. The quantitative estimate of drug-likeness (QED) is 0.760. The predicted molar refractivity (Wildman–Crippen MR) is 98.8 cm³/mol. The Kier molecular flexibility index (Phi) is 5.33. The van der Waals surface area contributed by atoms with E-state index in [0.29, 0.717) is 37.0 Å². The van der Waals surface area contributed by atoms with Gasteiger partial charge in [0, 0.05) is 31.7 Å². The zero-order valence-electron chi connectivity index (χ0n) is 15.7. The molecule has 2 fully saturated rings. The predicted octanol–water partition coefficient (Wildman–Crippen LogP) is 2.84. The van der Waals surface area contributed by atoms with Gasteiger partial charge in [0.25, 0.3) is 0 Å². The molecule has 0 radical (unpaired) electrons. The zero-order valence-corrected chi connectivity index (χ0v) is 15.7. The molecular formula is C20H28N4O2. The number of likely N-dealkylation sites (N-methyl/N-ethyl adjacent to an activating group) is 1. The minimum Gasteiger partial charge on any atom is -0.383 e. The lowest BCUT2D eigenvalue weighted by Crippen LogP contribution is -2.27. The highest BCUT2D eigenvalue weighted by Gasteiger charge is 2.46. The van der Waals surface area contributed by atoms with Crippen LogP contribution in [0.5, 0.6) is 0 Å². The minimum atomic E-state index is 0.365. The third kappa shape index (κ3) is 3.54. The van der Waals surface area contributed by atoms with Crippen molar-refractivity contribution in [2.75, 3.05) is 33.9 Å². The summed E-state index contributed by atoms with van der Waals surface area (Å²) in [7, 11) is 3.76. The van der Waals surface area contributed by atoms with Gasteiger partial charge in [0.15, 0.2) is 5.82 Å². The molecule has 2 aromatic rings. The van der Waals surface area contributed by atoms with Crippen molar-refractivity contribution in [2.45, 2.75) is 43.8 Å². The Morgan fingerprint density at radius 2 is 2.15 bits per heavy atom. The van der Waals surface area contributed by atoms with Crippen molar-refractivity contribution in [1.29, 1.82) is 0 Å². The van der Waals surface area contributed by atoms with Crippen LogP contribution in [0.2, 0.25) is 0 Å². The number of ether oxygens (including phenoxy) is 1. The van der Waals surface area contributed by atoms with Gasteiger partial charge in [-0.1, -0.05) is 35.5 Å². The van der Waals surface area contributed by atoms with Crippen LogP contribution >= 0.6 is 0 Å². The lowest BCUT2D eigenvalue weighted by molar-refractivity contribution is 0.152. The number of fused-ring (bicyclic) bond motifs is 1. The van der Waals surface area contributed by atoms with E-state index in [9.17, 15) is 0 Å². The van der Waals surface area contributed by atoms with E-state index in [1.807, 2.05) is 7.05 Å². The standard InChI is InChI=1S/C20H28N4O2/c1-23(11-12-25-2)14-19-21-20(22-26-19)16-13-18(15-7-4-3-5-8-15)24-10-6-9-17(16)24/h3-5,7-8,16-18H,6,9-14H2,1-2H3/t16-,17+,18-/m0/s1. The maximum Gasteiger partial charge on any atom is 0.240 e. The van der Waals surface area contributed by atoms with Crippen LogP contribution in [0.3, 0.4) is 0 Å². The van der Waals surface area contributed by atoms with Gasteiger partial charge in [-0.2, -0.15) is 4.98 Å². The third-order valence-electron chi connectivity index (χ3n) is 5.77. The number of benzene rings is 1. The van der Waals surface area contributed by atoms with Gasteiger partial charge in [-0.15, -0.1) is 0 Å². The number of aromatic nitrogens is 2. The Balaban J connectivity index is 1.48. The first-order valence-electron chi connectivity index (χ1n) is 9.57. The third-order valence-corrected chi connectivity index (χ3v) is 5.77. The molecule has 1 aromatic heterocycles. The maximum absolute atomic E-state index is 5.56. The van der Waals surface area contributed by atoms with E-state index < -0.39 is 0 Å². The average molecular weight is 356 g/mol. The summed E-state index contributed by atoms with van der Waals surface area (Å²) >= 11 is 0. The molecule has 0 aliphatic carbocycles. The second-order valence-electron chi connectivity index (χ2n) is 7.49. The van der Waals surface area contributed by atoms with Crippen molar-refractivity contribution >= 4 is 0 Å². The zero-order chi connectivity index (χ0) is 17.9. The van der Waals surface area contributed by atoms with Crippen LogP contribution in [0.25, 0.3) is 0 Å². The first-order valence-corrected chi connectivity index (χ1v) is 9.57. The Morgan fingerprint density at radius 1 is 1.31 bits per heavy atom. The van der Waals surface area contributed by atoms with E-state index in [1.165, 1.54) is 24.9 Å². The molecule has 0 spiro atoms. The van der Waals surface area contributed by atoms with Crippen LogP contribution < -0.4 is 0 Å². The largest absolute Gasteiger partial charge is 0.383 e. The molecule has 6 heteroatoms. The van der Waals surface area contributed by atoms with Crippen LogP contribution in [0.1, 0.15) is 48.5 Å². The van der Waals surface area contributed by atoms with Crippen LogP contribution in [0.15, 0.2) is 34.9 Å². The maximum atomic E-state index is 5.56. The van der Waals surface area contributed by atoms with E-state index in [0.717, 1.165) is 18.8 Å². The van der Waals surface area contributed by atoms with E-state index in [-0.39, 0.29) is 0 Å². The highest BCUT2D eigenvalue weighted by molar-refractivity contribution is 5.24. The van der Waals surface area contributed by atoms with Crippen LogP contribution in [-0.2, 0) is 11.3 Å². The molecule has 3 heterocycles. The fraction of sp³-hybridized carbons (Fsp3) is 0.600. The molecule has 2 aliphatic rings. The molecule has 2 saturated heterocycles. The first-order chi connectivity index (χ1) is 12.8. The Bertz CT molecular complexity index is 705. The lowest BCUT2D eigenvalue weighted by atomic mass is 9.94. The second-order valence-corrected chi connectivity index (χ2v) is 7.49. The number of hydrogen-bond acceptors (Lipinski definition) is 6. The van der Waals surface area contributed by atoms with Crippen LogP contribution in [-0.4, -0.2) is 59.8 Å². The molecule has 2 aliphatic heterocycles. The van der Waals surface area contributed by atoms with Crippen molar-refractivity contribution in [3.63, 3.8) is 0 Å². The topological polar surface area (TPSA) is 54.6 Å². The van der Waals surface area contributed by atoms with E-state index in [4.69, 9.17) is 14.2 Å². The van der Waals surface area contributed by atoms with Gasteiger partial charge in [0.05, 0.1) is 13.2 Å². The van der Waals surface area contributed by atoms with E-state index >= 15 is 0 Å². The summed E-state index contributed by atoms with van der Waals surface area (Å²) in [6.07, 6.45) is 3.56. The number of hydrogen-bond donors (Lipinski definition) is 0. The molecule has 0 saturated carbocycles. The van der Waals surface area contributed by atoms with Crippen molar-refractivity contribution in [3.05, 3.63) is 47.6 Å². The summed E-state index contributed by atoms with van der Waals surface area (Å²) in [4.78, 5) is 9.54. The van der Waals surface area contributed by atoms with Gasteiger partial charge in [0.2, 0.25) is 5.89 Å². The second kappa shape index (κ2) is 7.86. The van der Waals surface area contributed by atoms with Gasteiger partial charge in [0.1, 0.15) is 0 Å². The molecule has 3 atom stereocenters. The van der Waals surface area contributed by atoms with Crippen molar-refractivity contribution in [1.82, 2.24) is 19.9 Å². The fourth-order valence-electron chi connectivity index (χ4n) is 4.49. The van der Waals surface area contributed by atoms with Crippen molar-refractivity contribution in [3.8, 4) is 0 Å². The number of nitrogens with zero attached hydrogens (tertiary/aromatic N) is 4. The van der Waals surface area contributed by atoms with Gasteiger partial charge in [-0.3, -0.25) is 9.80 Å². The van der Waals surface area contributed by atoms with Crippen LogP contribution in [0, 0.1) is 0 Å². The van der Waals surface area contributed by atoms with Gasteiger partial charge in [-0.25, -0.2) is 0 Å². The fourth-order valence-corrected chi connectivity index (χ4v) is 4.49. The van der Waals surface area contributed by atoms with Crippen LogP contribution in [0.4, 0.5) is 0 Å². The molecule has 1 aromatic carbocycles. The molecule has 140 valence electrons. The Hall–Kier alpha value is -1.76. The Labute approximate surface area is 155 Å². The summed E-state index contributed by atoms with van der Waals surface area (Å²) < 4.78 is 10.7. The highest BCUT2D eigenvalue weighted by atomic mass is 16.5. The molecule has 0 unspecified atom stereocenters. The number of methoxy groups -OCH3 is 1. The van der Waals surface area contributed by atoms with Gasteiger partial charge < -0.3 is 9.26 Å². The summed E-state index contributed by atoms with van der Waals surface area (Å²) in [5.74, 6) is 1.95. The summed E-state index contributed by atoms with van der Waals surface area (Å²) in [6, 6.07) is 11.9. The molecule has 26 heavy (non-hydrogen) atoms. The monoisotopic (exact) mass is 356 g/mol. The first kappa shape index (κ1) is 17.6. The molecule has 6 nitrogen and oxygen atoms in total. The van der Waals surface area contributed by atoms with Crippen molar-refractivity contribution in [2.24, 2.45) is 0 Å². The summed E-state index contributed by atoms with van der Waals surface area (Å²) in [5.41, 5.74) is 1.41. The molecule has 0 N–H and O–H groups in total. The van der Waals surface area contributed by atoms with Gasteiger partial charge in [-0.05, 0) is 38.4 Å². The summed E-state index contributed by atoms with van der Waals surface area (Å²) in [5, 5.41) is 4.35. The minimum absolute atomic E-state index is 0.365. The lowest BCUT2D eigenvalue weighted by Gasteiger charge is -2.24. The van der Waals surface area contributed by atoms with Gasteiger partial charge >= 0.3 is 0 Å². The Morgan fingerprint density at radius 3 is 2.96 bits per heavy atom. The summed E-state index contributed by atoms with van der Waals surface area (Å²) in [6.45, 7) is 3.39. The molecule has 4 rings (SSSR count). The highest BCUT2D eigenvalue weighted by Crippen LogP contribution is 2.48. The SMILES string of the molecule is COCCN(C)Cc1nc([C@H]2C[C@@H](c3ccccc3)N3CCC[C@H]23)no1. The number of rotatable bonds is 7. The van der Waals surface area contributed by atoms with E-state index in [1.54, 1.807) is 7.11 Å². The average Bonchev–Trinajstić information content (AvgIpc) is 3.37. The normalized spacial score (nSPS) is 25.9. The molecule has 0 bridgehead atoms. The smallest absolute Gasteiger partial charge is 0.240 e. The van der Waals surface area contributed by atoms with E-state index in [2.05, 4.69) is 45.3 Å². The van der Waals surface area contributed by atoms with Crippen molar-refractivity contribution < 1.29 is 9.26 Å².